The van der Waals surface area contributed by atoms with Crippen molar-refractivity contribution in [2.75, 3.05) is 26.9 Å². The molecule has 0 saturated carbocycles. The van der Waals surface area contributed by atoms with Gasteiger partial charge in [-0.3, -0.25) is 24.0 Å². The fraction of sp³-hybridized carbons (Fsp3) is 0.684. The molecule has 3 fully saturated rings. The number of aliphatic hydroxyl groups excluding tert-OH is 1. The number of amides is 1. The van der Waals surface area contributed by atoms with Crippen LogP contribution in [0.4, 0.5) is 0 Å². The lowest BCUT2D eigenvalue weighted by atomic mass is 9.87. The molecule has 19 nitrogen and oxygen atoms in total. The lowest BCUT2D eigenvalue weighted by Crippen LogP contribution is -2.72. The van der Waals surface area contributed by atoms with E-state index in [1.54, 1.807) is 24.3 Å². The third-order valence-electron chi connectivity index (χ3n) is 9.33. The molecule has 0 bridgehead atoms. The van der Waals surface area contributed by atoms with Crippen molar-refractivity contribution in [1.82, 2.24) is 5.32 Å². The number of ether oxygens (including phenoxy) is 11. The van der Waals surface area contributed by atoms with Crippen molar-refractivity contribution in [3.63, 3.8) is 0 Å². The number of hydrogen-bond donors (Lipinski definition) is 2. The Morgan fingerprint density at radius 1 is 0.931 bits per heavy atom. The van der Waals surface area contributed by atoms with Gasteiger partial charge in [0.1, 0.15) is 43.2 Å². The van der Waals surface area contributed by atoms with Crippen LogP contribution in [0, 0.1) is 0 Å². The Morgan fingerprint density at radius 3 is 2.17 bits per heavy atom. The van der Waals surface area contributed by atoms with Crippen molar-refractivity contribution in [3.05, 3.63) is 35.9 Å². The molecule has 0 spiro atoms. The van der Waals surface area contributed by atoms with Crippen LogP contribution in [-0.2, 0) is 80.9 Å². The van der Waals surface area contributed by atoms with E-state index in [-0.39, 0.29) is 13.2 Å². The van der Waals surface area contributed by atoms with E-state index in [0.29, 0.717) is 11.6 Å². The Bertz CT molecular complexity index is 1610. The maximum Gasteiger partial charge on any atom is 0.366 e. The van der Waals surface area contributed by atoms with Crippen LogP contribution in [0.15, 0.2) is 30.3 Å². The van der Waals surface area contributed by atoms with Gasteiger partial charge in [-0.25, -0.2) is 4.79 Å². The molecule has 1 aromatic rings. The maximum absolute atomic E-state index is 14.2. The van der Waals surface area contributed by atoms with Crippen LogP contribution < -0.4 is 5.32 Å². The molecule has 2 N–H and O–H groups in total. The largest absolute Gasteiger partial charge is 0.465 e. The van der Waals surface area contributed by atoms with Gasteiger partial charge in [-0.05, 0) is 6.04 Å². The summed E-state index contributed by atoms with van der Waals surface area (Å²) in [4.78, 5) is 76.6. The van der Waals surface area contributed by atoms with Crippen LogP contribution >= 0.6 is 0 Å². The number of nitrogens with one attached hydrogen (secondary N) is 1. The van der Waals surface area contributed by atoms with Gasteiger partial charge in [0, 0.05) is 54.9 Å². The summed E-state index contributed by atoms with van der Waals surface area (Å²) in [6, 6.07) is 8.18. The highest BCUT2D eigenvalue weighted by Gasteiger charge is 2.63. The minimum atomic E-state index is -2.66. The highest BCUT2D eigenvalue weighted by molar-refractivity contribution is 6.76. The molecule has 3 heterocycles. The average molecular weight is 842 g/mol. The molecule has 4 rings (SSSR count). The quantitative estimate of drug-likeness (QED) is 0.136. The van der Waals surface area contributed by atoms with Crippen LogP contribution in [0.25, 0.3) is 0 Å². The lowest BCUT2D eigenvalue weighted by molar-refractivity contribution is -0.399. The van der Waals surface area contributed by atoms with Gasteiger partial charge in [-0.15, -0.1) is 0 Å². The highest BCUT2D eigenvalue weighted by Crippen LogP contribution is 2.42. The van der Waals surface area contributed by atoms with E-state index in [2.05, 4.69) is 25.0 Å². The number of methoxy groups -OCH3 is 1. The first-order valence-electron chi connectivity index (χ1n) is 18.9. The minimum absolute atomic E-state index is 0.0607. The molecular weight excluding hydrogens is 786 g/mol. The molecular formula is C38H55NO18Si. The molecule has 20 heteroatoms. The summed E-state index contributed by atoms with van der Waals surface area (Å²) >= 11 is 0. The van der Waals surface area contributed by atoms with Crippen molar-refractivity contribution in [1.29, 1.82) is 0 Å². The van der Waals surface area contributed by atoms with Crippen molar-refractivity contribution in [3.8, 4) is 0 Å². The number of esters is 5. The number of carbonyl (C=O) groups is 6. The van der Waals surface area contributed by atoms with Gasteiger partial charge in [-0.2, -0.15) is 0 Å². The van der Waals surface area contributed by atoms with Crippen LogP contribution in [0.5, 0.6) is 0 Å². The number of fused-ring (bicyclic) bond motifs is 1. The Hall–Kier alpha value is -4.02. The number of hydrogen-bond acceptors (Lipinski definition) is 18. The number of benzene rings is 1. The van der Waals surface area contributed by atoms with Gasteiger partial charge in [-0.1, -0.05) is 50.0 Å². The van der Waals surface area contributed by atoms with Crippen molar-refractivity contribution in [2.45, 2.75) is 140 Å². The first kappa shape index (κ1) is 46.7. The first-order valence-corrected chi connectivity index (χ1v) is 22.6. The predicted octanol–water partition coefficient (Wildman–Crippen LogP) is 1.45. The second kappa shape index (κ2) is 20.3. The minimum Gasteiger partial charge on any atom is -0.465 e. The summed E-state index contributed by atoms with van der Waals surface area (Å²) in [6.45, 7) is 11.3. The summed E-state index contributed by atoms with van der Waals surface area (Å²) in [6.07, 6.45) is -14.9. The molecule has 0 unspecified atom stereocenters. The summed E-state index contributed by atoms with van der Waals surface area (Å²) < 4.78 is 64.9. The molecule has 3 aliphatic heterocycles. The van der Waals surface area contributed by atoms with Crippen LogP contribution in [-0.4, -0.2) is 143 Å². The fourth-order valence-electron chi connectivity index (χ4n) is 6.83. The standard InChI is InChI=1S/C38H55NO18Si/c1-20(40)39-29-26(51-22(3)42)17-38(37(46)47-6,56-33(29)31(53-24(5)44)27(52-23(4)43)18-49-21(2)41)57-34-30(45)36(48-15-16-58(7,8)9)54-28-19-50-35(55-32(28)34)25-13-11-10-12-14-25/h10-14,26-36,45H,15-19H2,1-9H3,(H,39,40)/t26-,27+,28+,29+,30+,31+,32-,33+,34+,35-,36+,38-/m0/s1. The molecule has 0 aromatic heterocycles. The fourth-order valence-corrected chi connectivity index (χ4v) is 7.56. The van der Waals surface area contributed by atoms with Gasteiger partial charge >= 0.3 is 29.8 Å². The molecule has 3 saturated heterocycles. The summed E-state index contributed by atoms with van der Waals surface area (Å²) in [5.41, 5.74) is 0.626. The monoisotopic (exact) mass is 841 g/mol. The highest BCUT2D eigenvalue weighted by atomic mass is 28.3. The molecule has 0 radical (unpaired) electrons. The molecule has 12 atom stereocenters. The van der Waals surface area contributed by atoms with Crippen molar-refractivity contribution in [2.24, 2.45) is 0 Å². The third kappa shape index (κ3) is 12.5. The smallest absolute Gasteiger partial charge is 0.366 e. The van der Waals surface area contributed by atoms with Gasteiger partial charge in [0.25, 0.3) is 5.79 Å². The number of carbonyl (C=O) groups excluding carboxylic acids is 6. The maximum atomic E-state index is 14.2. The third-order valence-corrected chi connectivity index (χ3v) is 11.0. The Labute approximate surface area is 337 Å². The molecule has 0 aliphatic carbocycles. The average Bonchev–Trinajstić information content (AvgIpc) is 3.13. The van der Waals surface area contributed by atoms with Gasteiger partial charge in [0.2, 0.25) is 5.91 Å². The van der Waals surface area contributed by atoms with E-state index in [9.17, 15) is 33.9 Å². The normalized spacial score (nSPS) is 30.7. The topological polar surface area (TPSA) is 236 Å². The van der Waals surface area contributed by atoms with Crippen LogP contribution in [0.2, 0.25) is 25.7 Å². The van der Waals surface area contributed by atoms with Crippen LogP contribution in [0.3, 0.4) is 0 Å². The number of rotatable bonds is 16. The Balaban J connectivity index is 1.88. The lowest BCUT2D eigenvalue weighted by Gasteiger charge is -2.52. The molecule has 3 aliphatic rings. The predicted molar refractivity (Wildman–Crippen MR) is 199 cm³/mol. The Kier molecular flexibility index (Phi) is 16.3. The zero-order chi connectivity index (χ0) is 42.9. The van der Waals surface area contributed by atoms with E-state index in [1.807, 2.05) is 6.07 Å². The SMILES string of the molecule is COC(=O)[C@@]1(O[C@@H]2[C@@H](O)[C@H](OCC[Si](C)(C)C)O[C@@H]3CO[C@H](c4ccccc4)O[C@H]23)C[C@H](OC(C)=O)[C@@H](NC(C)=O)[C@H]([C@H](OC(C)=O)[C@@H](COC(C)=O)OC(C)=O)O1. The van der Waals surface area contributed by atoms with Crippen LogP contribution in [0.1, 0.15) is 52.9 Å². The first-order chi connectivity index (χ1) is 27.2. The molecule has 1 amide bonds. The second-order valence-corrected chi connectivity index (χ2v) is 21.0. The number of aliphatic hydroxyl groups is 1. The summed E-state index contributed by atoms with van der Waals surface area (Å²) in [5.74, 6) is -8.03. The van der Waals surface area contributed by atoms with E-state index in [0.717, 1.165) is 41.7 Å². The van der Waals surface area contributed by atoms with E-state index in [4.69, 9.17) is 52.1 Å². The van der Waals surface area contributed by atoms with E-state index in [1.165, 1.54) is 0 Å². The van der Waals surface area contributed by atoms with E-state index >= 15 is 0 Å². The zero-order valence-electron chi connectivity index (χ0n) is 34.2. The second-order valence-electron chi connectivity index (χ2n) is 15.4. The Morgan fingerprint density at radius 2 is 1.60 bits per heavy atom. The molecule has 324 valence electrons. The molecule has 58 heavy (non-hydrogen) atoms. The van der Waals surface area contributed by atoms with Crippen molar-refractivity contribution < 1.29 is 86.0 Å². The zero-order valence-corrected chi connectivity index (χ0v) is 35.2. The summed E-state index contributed by atoms with van der Waals surface area (Å²) in [7, 11) is -0.593. The summed E-state index contributed by atoms with van der Waals surface area (Å²) in [5, 5.41) is 14.6. The molecule has 1 aromatic carbocycles. The van der Waals surface area contributed by atoms with Gasteiger partial charge in [0.15, 0.2) is 24.8 Å². The van der Waals surface area contributed by atoms with Gasteiger partial charge in [0.05, 0.1) is 26.2 Å². The van der Waals surface area contributed by atoms with Gasteiger partial charge < -0.3 is 62.5 Å². The van der Waals surface area contributed by atoms with E-state index < -0.39 is 130 Å². The van der Waals surface area contributed by atoms with Crippen molar-refractivity contribution >= 4 is 43.8 Å².